The monoisotopic (exact) mass is 538 g/mol. The summed E-state index contributed by atoms with van der Waals surface area (Å²) in [5.41, 5.74) is 2.48. The third kappa shape index (κ3) is 5.63. The van der Waals surface area contributed by atoms with E-state index in [1.165, 1.54) is 12.3 Å². The Morgan fingerprint density at radius 3 is 2.57 bits per heavy atom. The van der Waals surface area contributed by atoms with Crippen molar-refractivity contribution in [3.05, 3.63) is 87.3 Å². The van der Waals surface area contributed by atoms with Gasteiger partial charge in [-0.2, -0.15) is 0 Å². The lowest BCUT2D eigenvalue weighted by atomic mass is 10.1. The van der Waals surface area contributed by atoms with E-state index in [2.05, 4.69) is 21.2 Å². The van der Waals surface area contributed by atoms with E-state index in [9.17, 15) is 14.4 Å². The maximum absolute atomic E-state index is 13.0. The van der Waals surface area contributed by atoms with E-state index in [4.69, 9.17) is 13.9 Å². The van der Waals surface area contributed by atoms with Gasteiger partial charge in [-0.3, -0.25) is 19.8 Å². The van der Waals surface area contributed by atoms with Crippen LogP contribution in [0.2, 0.25) is 0 Å². The van der Waals surface area contributed by atoms with E-state index in [0.717, 1.165) is 16.0 Å². The van der Waals surface area contributed by atoms with Crippen LogP contribution in [0.1, 0.15) is 29.4 Å². The van der Waals surface area contributed by atoms with Crippen LogP contribution in [-0.2, 0) is 22.7 Å². The number of rotatable bonds is 8. The van der Waals surface area contributed by atoms with E-state index in [1.54, 1.807) is 24.3 Å². The van der Waals surface area contributed by atoms with Crippen LogP contribution in [0.15, 0.2) is 69.3 Å². The zero-order valence-corrected chi connectivity index (χ0v) is 20.8. The highest BCUT2D eigenvalue weighted by atomic mass is 79.9. The second kappa shape index (κ2) is 10.6. The van der Waals surface area contributed by atoms with E-state index in [0.29, 0.717) is 40.5 Å². The fourth-order valence-corrected chi connectivity index (χ4v) is 3.99. The Morgan fingerprint density at radius 2 is 1.86 bits per heavy atom. The molecule has 1 aliphatic heterocycles. The highest BCUT2D eigenvalue weighted by molar-refractivity contribution is 9.10. The molecule has 9 heteroatoms. The summed E-state index contributed by atoms with van der Waals surface area (Å²) in [6, 6.07) is 13.9. The number of carbonyl (C=O) groups is 3. The number of ether oxygens (including phenoxy) is 2. The van der Waals surface area contributed by atoms with E-state index >= 15 is 0 Å². The molecule has 0 saturated carbocycles. The average Bonchev–Trinajstić information content (AvgIpc) is 3.33. The van der Waals surface area contributed by atoms with Gasteiger partial charge in [0.05, 0.1) is 19.4 Å². The number of benzene rings is 2. The second-order valence-electron chi connectivity index (χ2n) is 7.82. The summed E-state index contributed by atoms with van der Waals surface area (Å²) in [5, 5.41) is 2.20. The van der Waals surface area contributed by atoms with Crippen molar-refractivity contribution in [3.8, 4) is 11.5 Å². The maximum Gasteiger partial charge on any atom is 0.331 e. The lowest BCUT2D eigenvalue weighted by molar-refractivity contribution is -0.130. The molecule has 4 amide bonds. The first-order valence-electron chi connectivity index (χ1n) is 10.9. The Morgan fingerprint density at radius 1 is 1.06 bits per heavy atom. The van der Waals surface area contributed by atoms with Crippen LogP contribution in [-0.4, -0.2) is 29.4 Å². The number of halogens is 1. The number of barbiturate groups is 1. The zero-order chi connectivity index (χ0) is 24.9. The molecule has 0 spiro atoms. The Bertz CT molecular complexity index is 1300. The average molecular weight is 539 g/mol. The van der Waals surface area contributed by atoms with Crippen molar-refractivity contribution in [2.75, 3.05) is 6.61 Å². The first-order valence-corrected chi connectivity index (χ1v) is 11.7. The summed E-state index contributed by atoms with van der Waals surface area (Å²) in [7, 11) is 0. The zero-order valence-electron chi connectivity index (χ0n) is 19.2. The molecule has 1 N–H and O–H groups in total. The van der Waals surface area contributed by atoms with Gasteiger partial charge in [-0.25, -0.2) is 4.79 Å². The molecule has 180 valence electrons. The Balaban J connectivity index is 1.62. The van der Waals surface area contributed by atoms with Crippen LogP contribution >= 0.6 is 15.9 Å². The van der Waals surface area contributed by atoms with Crippen LogP contribution in [0.25, 0.3) is 6.08 Å². The third-order valence-electron chi connectivity index (χ3n) is 5.22. The molecule has 4 rings (SSSR count). The molecule has 1 saturated heterocycles. The fraction of sp³-hybridized carbons (Fsp3) is 0.192. The van der Waals surface area contributed by atoms with Gasteiger partial charge in [0.25, 0.3) is 11.8 Å². The quantitative estimate of drug-likeness (QED) is 0.320. The molecule has 0 bridgehead atoms. The van der Waals surface area contributed by atoms with Gasteiger partial charge in [0.15, 0.2) is 11.5 Å². The van der Waals surface area contributed by atoms with E-state index in [1.807, 2.05) is 38.1 Å². The predicted molar refractivity (Wildman–Crippen MR) is 132 cm³/mol. The molecule has 8 nitrogen and oxygen atoms in total. The summed E-state index contributed by atoms with van der Waals surface area (Å²) in [4.78, 5) is 38.7. The van der Waals surface area contributed by atoms with Crippen molar-refractivity contribution in [3.63, 3.8) is 0 Å². The number of furan rings is 1. The van der Waals surface area contributed by atoms with Gasteiger partial charge in [0, 0.05) is 4.47 Å². The third-order valence-corrected chi connectivity index (χ3v) is 5.91. The Labute approximate surface area is 210 Å². The van der Waals surface area contributed by atoms with Crippen LogP contribution in [0, 0.1) is 6.92 Å². The number of carbonyl (C=O) groups excluding carboxylic acids is 3. The first-order chi connectivity index (χ1) is 16.9. The van der Waals surface area contributed by atoms with Crippen LogP contribution in [0.4, 0.5) is 4.79 Å². The molecule has 1 fully saturated rings. The van der Waals surface area contributed by atoms with Crippen molar-refractivity contribution >= 4 is 39.9 Å². The number of amides is 4. The van der Waals surface area contributed by atoms with Gasteiger partial charge in [-0.05, 0) is 55.3 Å². The van der Waals surface area contributed by atoms with Gasteiger partial charge in [0.1, 0.15) is 17.9 Å². The molecule has 1 aliphatic rings. The van der Waals surface area contributed by atoms with Crippen LogP contribution < -0.4 is 14.8 Å². The summed E-state index contributed by atoms with van der Waals surface area (Å²) >= 11 is 3.49. The van der Waals surface area contributed by atoms with Gasteiger partial charge in [-0.15, -0.1) is 0 Å². The Kier molecular flexibility index (Phi) is 7.36. The minimum atomic E-state index is -0.803. The van der Waals surface area contributed by atoms with Gasteiger partial charge < -0.3 is 13.9 Å². The molecule has 0 atom stereocenters. The SMILES string of the molecule is CCOc1cc(/C=C2\C(=O)NC(=O)N(Cc3ccco3)C2=O)c(Br)cc1OCc1cccc(C)c1. The molecular weight excluding hydrogens is 516 g/mol. The number of nitrogens with one attached hydrogen (secondary N) is 1. The first kappa shape index (κ1) is 24.3. The summed E-state index contributed by atoms with van der Waals surface area (Å²) in [6.45, 7) is 4.50. The molecular formula is C26H23BrN2O6. The molecule has 0 radical (unpaired) electrons. The number of nitrogens with zero attached hydrogens (tertiary/aromatic N) is 1. The Hall–Kier alpha value is -3.85. The lowest BCUT2D eigenvalue weighted by Gasteiger charge is -2.25. The van der Waals surface area contributed by atoms with E-state index < -0.39 is 17.8 Å². The highest BCUT2D eigenvalue weighted by Crippen LogP contribution is 2.36. The standard InChI is InChI=1S/C26H23BrN2O6/c1-3-33-22-12-18(21(27)13-23(22)35-15-17-7-4-6-16(2)10-17)11-20-24(30)28-26(32)29(25(20)31)14-19-8-5-9-34-19/h4-13H,3,14-15H2,1-2H3,(H,28,30,32)/b20-11+. The largest absolute Gasteiger partial charge is 0.490 e. The summed E-state index contributed by atoms with van der Waals surface area (Å²) in [5.74, 6) is -0.115. The number of hydrogen-bond acceptors (Lipinski definition) is 6. The molecule has 0 unspecified atom stereocenters. The molecule has 2 heterocycles. The minimum absolute atomic E-state index is 0.0978. The van der Waals surface area contributed by atoms with Crippen molar-refractivity contribution < 1.29 is 28.3 Å². The number of aryl methyl sites for hydroxylation is 1. The summed E-state index contributed by atoms with van der Waals surface area (Å²) < 4.78 is 17.6. The van der Waals surface area contributed by atoms with E-state index in [-0.39, 0.29) is 12.1 Å². The molecule has 35 heavy (non-hydrogen) atoms. The van der Waals surface area contributed by atoms with Crippen molar-refractivity contribution in [1.29, 1.82) is 0 Å². The number of hydrogen-bond donors (Lipinski definition) is 1. The lowest BCUT2D eigenvalue weighted by Crippen LogP contribution is -2.53. The fourth-order valence-electron chi connectivity index (χ4n) is 3.56. The van der Waals surface area contributed by atoms with Crippen molar-refractivity contribution in [1.82, 2.24) is 10.2 Å². The normalized spacial score (nSPS) is 14.9. The maximum atomic E-state index is 13.0. The molecule has 1 aromatic heterocycles. The molecule has 2 aromatic carbocycles. The predicted octanol–water partition coefficient (Wildman–Crippen LogP) is 4.99. The number of imide groups is 2. The van der Waals surface area contributed by atoms with Gasteiger partial charge in [0.2, 0.25) is 0 Å². The van der Waals surface area contributed by atoms with Crippen LogP contribution in [0.5, 0.6) is 11.5 Å². The van der Waals surface area contributed by atoms with Gasteiger partial charge >= 0.3 is 6.03 Å². The minimum Gasteiger partial charge on any atom is -0.490 e. The topological polar surface area (TPSA) is 98.1 Å². The molecule has 3 aromatic rings. The van der Waals surface area contributed by atoms with Gasteiger partial charge in [-0.1, -0.05) is 45.8 Å². The molecule has 0 aliphatic carbocycles. The number of urea groups is 1. The van der Waals surface area contributed by atoms with Crippen molar-refractivity contribution in [2.45, 2.75) is 27.0 Å². The second-order valence-corrected chi connectivity index (χ2v) is 8.67. The van der Waals surface area contributed by atoms with Crippen molar-refractivity contribution in [2.24, 2.45) is 0 Å². The smallest absolute Gasteiger partial charge is 0.331 e. The van der Waals surface area contributed by atoms with Crippen LogP contribution in [0.3, 0.4) is 0 Å². The highest BCUT2D eigenvalue weighted by Gasteiger charge is 2.36. The summed E-state index contributed by atoms with van der Waals surface area (Å²) in [6.07, 6.45) is 2.86.